The van der Waals surface area contributed by atoms with Crippen LogP contribution in [0.1, 0.15) is 97.4 Å². The summed E-state index contributed by atoms with van der Waals surface area (Å²) in [6, 6.07) is 3.95. The van der Waals surface area contributed by atoms with E-state index in [2.05, 4.69) is 6.92 Å². The standard InChI is InChI=1S/C20H30O4.2Na/c1-2-3-4-5-6-7-8-9-10-11-12-16-15-17(19(21)22)13-14-18(16)20(23)24;;/h13-15H,2-12H2,1H3,(H,21,22)(H,23,24);;/q;2*+1/p-2. The molecule has 6 heteroatoms. The number of carbonyl (C=O) groups is 2. The number of carboxylic acids is 2. The molecule has 1 rings (SSSR count). The predicted molar refractivity (Wildman–Crippen MR) is 90.7 cm³/mol. The van der Waals surface area contributed by atoms with Gasteiger partial charge < -0.3 is 19.8 Å². The Morgan fingerprint density at radius 1 is 0.769 bits per heavy atom. The van der Waals surface area contributed by atoms with Crippen LogP contribution in [0.25, 0.3) is 0 Å². The monoisotopic (exact) mass is 378 g/mol. The van der Waals surface area contributed by atoms with E-state index < -0.39 is 11.9 Å². The molecule has 0 aliphatic heterocycles. The second kappa shape index (κ2) is 17.3. The average molecular weight is 378 g/mol. The van der Waals surface area contributed by atoms with Gasteiger partial charge >= 0.3 is 59.1 Å². The van der Waals surface area contributed by atoms with E-state index in [1.54, 1.807) is 0 Å². The summed E-state index contributed by atoms with van der Waals surface area (Å²) in [4.78, 5) is 22.0. The number of unbranched alkanes of at least 4 members (excludes halogenated alkanes) is 9. The van der Waals surface area contributed by atoms with Crippen molar-refractivity contribution in [2.45, 2.75) is 77.6 Å². The van der Waals surface area contributed by atoms with Crippen molar-refractivity contribution in [3.63, 3.8) is 0 Å². The first-order valence-electron chi connectivity index (χ1n) is 9.12. The van der Waals surface area contributed by atoms with Gasteiger partial charge in [0.25, 0.3) is 0 Å². The Hall–Kier alpha value is 0.160. The Labute approximate surface area is 201 Å². The fraction of sp³-hybridized carbons (Fsp3) is 0.600. The molecule has 0 unspecified atom stereocenters. The maximum absolute atomic E-state index is 11.1. The van der Waals surface area contributed by atoms with E-state index in [4.69, 9.17) is 0 Å². The summed E-state index contributed by atoms with van der Waals surface area (Å²) in [7, 11) is 0. The van der Waals surface area contributed by atoms with Crippen LogP contribution < -0.4 is 69.3 Å². The molecule has 0 saturated heterocycles. The molecule has 4 nitrogen and oxygen atoms in total. The van der Waals surface area contributed by atoms with Crippen LogP contribution >= 0.6 is 0 Å². The third kappa shape index (κ3) is 11.8. The van der Waals surface area contributed by atoms with Gasteiger partial charge in [-0.25, -0.2) is 0 Å². The summed E-state index contributed by atoms with van der Waals surface area (Å²) in [5.41, 5.74) is 0.620. The minimum Gasteiger partial charge on any atom is -0.545 e. The smallest absolute Gasteiger partial charge is 0.545 e. The molecule has 26 heavy (non-hydrogen) atoms. The van der Waals surface area contributed by atoms with Gasteiger partial charge in [0.15, 0.2) is 0 Å². The normalized spacial score (nSPS) is 9.88. The zero-order valence-electron chi connectivity index (χ0n) is 16.6. The van der Waals surface area contributed by atoms with Crippen LogP contribution in [-0.4, -0.2) is 11.9 Å². The predicted octanol–water partition coefficient (Wildman–Crippen LogP) is -3.11. The Bertz CT molecular complexity index is 533. The van der Waals surface area contributed by atoms with Crippen molar-refractivity contribution in [2.24, 2.45) is 0 Å². The largest absolute Gasteiger partial charge is 1.00 e. The summed E-state index contributed by atoms with van der Waals surface area (Å²) in [6.07, 6.45) is 12.6. The number of benzene rings is 1. The van der Waals surface area contributed by atoms with Crippen LogP contribution in [-0.2, 0) is 6.42 Å². The first kappa shape index (κ1) is 28.4. The van der Waals surface area contributed by atoms with Crippen molar-refractivity contribution >= 4 is 11.9 Å². The van der Waals surface area contributed by atoms with Gasteiger partial charge in [0.2, 0.25) is 0 Å². The van der Waals surface area contributed by atoms with Crippen LogP contribution in [0.15, 0.2) is 18.2 Å². The first-order chi connectivity index (χ1) is 11.6. The molecule has 0 aliphatic carbocycles. The summed E-state index contributed by atoms with van der Waals surface area (Å²) in [6.45, 7) is 2.22. The zero-order chi connectivity index (χ0) is 17.8. The number of aryl methyl sites for hydroxylation is 1. The van der Waals surface area contributed by atoms with Crippen LogP contribution in [0.3, 0.4) is 0 Å². The van der Waals surface area contributed by atoms with E-state index in [-0.39, 0.29) is 70.2 Å². The number of hydrogen-bond donors (Lipinski definition) is 0. The van der Waals surface area contributed by atoms with E-state index in [1.165, 1.54) is 63.1 Å². The van der Waals surface area contributed by atoms with Gasteiger partial charge in [0.05, 0.1) is 11.9 Å². The minimum absolute atomic E-state index is 0. The van der Waals surface area contributed by atoms with Gasteiger partial charge in [-0.2, -0.15) is 0 Å². The molecule has 1 aromatic rings. The number of rotatable bonds is 13. The minimum atomic E-state index is -1.29. The molecule has 0 saturated carbocycles. The second-order valence-electron chi connectivity index (χ2n) is 6.38. The third-order valence-electron chi connectivity index (χ3n) is 4.36. The van der Waals surface area contributed by atoms with Crippen molar-refractivity contribution in [3.8, 4) is 0 Å². The molecule has 0 N–H and O–H groups in total. The molecule has 0 atom stereocenters. The zero-order valence-corrected chi connectivity index (χ0v) is 20.6. The van der Waals surface area contributed by atoms with Crippen molar-refractivity contribution in [3.05, 3.63) is 34.9 Å². The molecule has 0 spiro atoms. The average Bonchev–Trinajstić information content (AvgIpc) is 2.56. The van der Waals surface area contributed by atoms with Crippen molar-refractivity contribution in [1.82, 2.24) is 0 Å². The van der Waals surface area contributed by atoms with E-state index in [0.29, 0.717) is 12.0 Å². The van der Waals surface area contributed by atoms with Crippen molar-refractivity contribution < 1.29 is 78.9 Å². The molecule has 134 valence electrons. The molecule has 0 aromatic heterocycles. The molecule has 0 fully saturated rings. The van der Waals surface area contributed by atoms with E-state index >= 15 is 0 Å². The maximum atomic E-state index is 11.1. The number of hydrogen-bond acceptors (Lipinski definition) is 4. The second-order valence-corrected chi connectivity index (χ2v) is 6.38. The topological polar surface area (TPSA) is 80.3 Å². The van der Waals surface area contributed by atoms with Crippen LogP contribution in [0.2, 0.25) is 0 Å². The molecule has 0 bridgehead atoms. The van der Waals surface area contributed by atoms with Gasteiger partial charge in [-0.3, -0.25) is 0 Å². The Morgan fingerprint density at radius 2 is 1.27 bits per heavy atom. The summed E-state index contributed by atoms with van der Waals surface area (Å²) >= 11 is 0. The SMILES string of the molecule is CCCCCCCCCCCCc1cc(C(=O)[O-])ccc1C(=O)[O-].[Na+].[Na+]. The fourth-order valence-corrected chi connectivity index (χ4v) is 2.93. The summed E-state index contributed by atoms with van der Waals surface area (Å²) in [5.74, 6) is -2.55. The molecule has 0 amide bonds. The number of carbonyl (C=O) groups excluding carboxylic acids is 2. The van der Waals surface area contributed by atoms with Crippen LogP contribution in [0.5, 0.6) is 0 Å². The Kier molecular flexibility index (Phi) is 18.8. The van der Waals surface area contributed by atoms with Gasteiger partial charge in [-0.15, -0.1) is 0 Å². The number of carboxylic acid groups (broad SMARTS) is 2. The molecule has 0 aliphatic rings. The number of aromatic carboxylic acids is 2. The van der Waals surface area contributed by atoms with Gasteiger partial charge in [0, 0.05) is 5.56 Å². The molecule has 0 heterocycles. The maximum Gasteiger partial charge on any atom is 1.00 e. The molecule has 0 radical (unpaired) electrons. The van der Waals surface area contributed by atoms with E-state index in [1.807, 2.05) is 0 Å². The first-order valence-corrected chi connectivity index (χ1v) is 9.12. The van der Waals surface area contributed by atoms with E-state index in [9.17, 15) is 19.8 Å². The van der Waals surface area contributed by atoms with Gasteiger partial charge in [-0.05, 0) is 30.0 Å². The molecule has 1 aromatic carbocycles. The Balaban J connectivity index is 0. The molecular weight excluding hydrogens is 350 g/mol. The Morgan fingerprint density at radius 3 is 1.73 bits per heavy atom. The van der Waals surface area contributed by atoms with Crippen LogP contribution in [0, 0.1) is 0 Å². The van der Waals surface area contributed by atoms with Gasteiger partial charge in [-0.1, -0.05) is 76.8 Å². The molecular formula is C20H28Na2O4. The van der Waals surface area contributed by atoms with Gasteiger partial charge in [0.1, 0.15) is 0 Å². The summed E-state index contributed by atoms with van der Waals surface area (Å²) in [5, 5.41) is 22.0. The van der Waals surface area contributed by atoms with Crippen molar-refractivity contribution in [1.29, 1.82) is 0 Å². The fourth-order valence-electron chi connectivity index (χ4n) is 2.93. The third-order valence-corrected chi connectivity index (χ3v) is 4.36. The van der Waals surface area contributed by atoms with Crippen LogP contribution in [0.4, 0.5) is 0 Å². The quantitative estimate of drug-likeness (QED) is 0.269. The summed E-state index contributed by atoms with van der Waals surface area (Å²) < 4.78 is 0. The van der Waals surface area contributed by atoms with Crippen molar-refractivity contribution in [2.75, 3.05) is 0 Å². The van der Waals surface area contributed by atoms with E-state index in [0.717, 1.165) is 19.3 Å².